The number of fused-ring (bicyclic) bond motifs is 1. The van der Waals surface area contributed by atoms with Gasteiger partial charge in [-0.2, -0.15) is 0 Å². The molecule has 4 rings (SSSR count). The summed E-state index contributed by atoms with van der Waals surface area (Å²) in [4.78, 5) is 11.8. The van der Waals surface area contributed by atoms with Gasteiger partial charge in [0.15, 0.2) is 0 Å². The number of hydrogen-bond acceptors (Lipinski definition) is 5. The molecule has 0 aliphatic heterocycles. The standard InChI is InChI=1S/C19H16N4O3S/c1-26-18-5-3-2-4-16(18)23-27(24,25)14-6-7-15-17(12-14)22-19(21-15)13-8-10-20-11-9-13/h2-12,23H,1H3,(H,21,22). The van der Waals surface area contributed by atoms with Crippen LogP contribution in [0.5, 0.6) is 5.75 Å². The number of nitrogens with zero attached hydrogens (tertiary/aromatic N) is 2. The minimum Gasteiger partial charge on any atom is -0.495 e. The molecule has 2 aromatic carbocycles. The van der Waals surface area contributed by atoms with Crippen molar-refractivity contribution in [2.45, 2.75) is 4.90 Å². The number of benzene rings is 2. The van der Waals surface area contributed by atoms with Gasteiger partial charge in [-0.3, -0.25) is 9.71 Å². The molecule has 0 radical (unpaired) electrons. The molecule has 27 heavy (non-hydrogen) atoms. The monoisotopic (exact) mass is 380 g/mol. The molecule has 4 aromatic rings. The number of ether oxygens (including phenoxy) is 1. The van der Waals surface area contributed by atoms with Gasteiger partial charge in [0.25, 0.3) is 10.0 Å². The molecule has 2 heterocycles. The van der Waals surface area contributed by atoms with E-state index in [0.717, 1.165) is 5.56 Å². The zero-order valence-electron chi connectivity index (χ0n) is 14.4. The van der Waals surface area contributed by atoms with Gasteiger partial charge in [0, 0.05) is 18.0 Å². The first-order valence-electron chi connectivity index (χ1n) is 8.13. The van der Waals surface area contributed by atoms with E-state index in [4.69, 9.17) is 4.74 Å². The van der Waals surface area contributed by atoms with Gasteiger partial charge in [-0.05, 0) is 42.5 Å². The number of nitrogens with one attached hydrogen (secondary N) is 2. The van der Waals surface area contributed by atoms with Crippen LogP contribution in [0.15, 0.2) is 71.9 Å². The van der Waals surface area contributed by atoms with Crippen molar-refractivity contribution in [3.05, 3.63) is 67.0 Å². The minimum absolute atomic E-state index is 0.130. The van der Waals surface area contributed by atoms with Crippen LogP contribution in [0.2, 0.25) is 0 Å². The van der Waals surface area contributed by atoms with Gasteiger partial charge in [-0.15, -0.1) is 0 Å². The van der Waals surface area contributed by atoms with Crippen molar-refractivity contribution in [1.29, 1.82) is 0 Å². The Labute approximate surface area is 156 Å². The van der Waals surface area contributed by atoms with E-state index in [2.05, 4.69) is 19.7 Å². The molecule has 0 fully saturated rings. The van der Waals surface area contributed by atoms with Crippen LogP contribution in [0.4, 0.5) is 5.69 Å². The molecule has 2 aromatic heterocycles. The number of rotatable bonds is 5. The summed E-state index contributed by atoms with van der Waals surface area (Å²) in [5.41, 5.74) is 2.56. The van der Waals surface area contributed by atoms with Gasteiger partial charge in [0.05, 0.1) is 28.7 Å². The lowest BCUT2D eigenvalue weighted by molar-refractivity contribution is 0.417. The van der Waals surface area contributed by atoms with E-state index in [9.17, 15) is 8.42 Å². The maximum Gasteiger partial charge on any atom is 0.262 e. The van der Waals surface area contributed by atoms with Crippen LogP contribution in [-0.2, 0) is 10.0 Å². The van der Waals surface area contributed by atoms with E-state index >= 15 is 0 Å². The number of H-pyrrole nitrogens is 1. The lowest BCUT2D eigenvalue weighted by Crippen LogP contribution is -2.13. The number of hydrogen-bond donors (Lipinski definition) is 2. The zero-order valence-corrected chi connectivity index (χ0v) is 15.2. The lowest BCUT2D eigenvalue weighted by Gasteiger charge is -2.11. The summed E-state index contributed by atoms with van der Waals surface area (Å²) in [5, 5.41) is 0. The van der Waals surface area contributed by atoms with Gasteiger partial charge in [0.2, 0.25) is 0 Å². The molecule has 0 unspecified atom stereocenters. The van der Waals surface area contributed by atoms with Gasteiger partial charge in [-0.1, -0.05) is 12.1 Å². The van der Waals surface area contributed by atoms with Gasteiger partial charge < -0.3 is 9.72 Å². The van der Waals surface area contributed by atoms with Crippen LogP contribution in [0, 0.1) is 0 Å². The fourth-order valence-corrected chi connectivity index (χ4v) is 3.83. The molecule has 0 saturated heterocycles. The van der Waals surface area contributed by atoms with Gasteiger partial charge in [-0.25, -0.2) is 13.4 Å². The quantitative estimate of drug-likeness (QED) is 0.553. The number of aromatic amines is 1. The Morgan fingerprint density at radius 1 is 1.04 bits per heavy atom. The molecular weight excluding hydrogens is 364 g/mol. The number of methoxy groups -OCH3 is 1. The predicted octanol–water partition coefficient (Wildman–Crippen LogP) is 3.43. The summed E-state index contributed by atoms with van der Waals surface area (Å²) in [5.74, 6) is 1.10. The molecular formula is C19H16N4O3S. The molecule has 0 spiro atoms. The van der Waals surface area contributed by atoms with Crippen molar-refractivity contribution in [1.82, 2.24) is 15.0 Å². The third-order valence-electron chi connectivity index (χ3n) is 4.07. The fourth-order valence-electron chi connectivity index (χ4n) is 2.74. The molecule has 7 nitrogen and oxygen atoms in total. The number of sulfonamides is 1. The van der Waals surface area contributed by atoms with Crippen molar-refractivity contribution < 1.29 is 13.2 Å². The van der Waals surface area contributed by atoms with Crippen LogP contribution < -0.4 is 9.46 Å². The number of para-hydroxylation sites is 2. The SMILES string of the molecule is COc1ccccc1NS(=O)(=O)c1ccc2nc(-c3ccncc3)[nH]c2c1. The Morgan fingerprint density at radius 2 is 1.81 bits per heavy atom. The Hall–Kier alpha value is -3.39. The second-order valence-electron chi connectivity index (χ2n) is 5.81. The first-order valence-corrected chi connectivity index (χ1v) is 9.61. The summed E-state index contributed by atoms with van der Waals surface area (Å²) in [6, 6.07) is 15.3. The molecule has 0 aliphatic rings. The molecule has 0 saturated carbocycles. The number of pyridine rings is 1. The number of anilines is 1. The molecule has 0 aliphatic carbocycles. The maximum atomic E-state index is 12.8. The van der Waals surface area contributed by atoms with Crippen LogP contribution >= 0.6 is 0 Å². The number of imidazole rings is 1. The van der Waals surface area contributed by atoms with E-state index in [1.165, 1.54) is 13.2 Å². The van der Waals surface area contributed by atoms with Crippen molar-refractivity contribution in [3.63, 3.8) is 0 Å². The fraction of sp³-hybridized carbons (Fsp3) is 0.0526. The first-order chi connectivity index (χ1) is 13.1. The van der Waals surface area contributed by atoms with Crippen LogP contribution in [0.1, 0.15) is 0 Å². The second-order valence-corrected chi connectivity index (χ2v) is 7.49. The van der Waals surface area contributed by atoms with Crippen LogP contribution in [0.25, 0.3) is 22.4 Å². The van der Waals surface area contributed by atoms with Crippen LogP contribution in [-0.4, -0.2) is 30.5 Å². The summed E-state index contributed by atoms with van der Waals surface area (Å²) in [6.07, 6.45) is 3.35. The summed E-state index contributed by atoms with van der Waals surface area (Å²) in [7, 11) is -2.29. The van der Waals surface area contributed by atoms with Gasteiger partial charge in [0.1, 0.15) is 11.6 Å². The highest BCUT2D eigenvalue weighted by atomic mass is 32.2. The topological polar surface area (TPSA) is 97.0 Å². The average molecular weight is 380 g/mol. The predicted molar refractivity (Wildman–Crippen MR) is 103 cm³/mol. The molecule has 0 atom stereocenters. The first kappa shape index (κ1) is 17.0. The summed E-state index contributed by atoms with van der Waals surface area (Å²) in [6.45, 7) is 0. The minimum atomic E-state index is -3.78. The molecule has 0 amide bonds. The smallest absolute Gasteiger partial charge is 0.262 e. The van der Waals surface area contributed by atoms with Crippen molar-refractivity contribution in [2.24, 2.45) is 0 Å². The number of aromatic nitrogens is 3. The van der Waals surface area contributed by atoms with E-state index in [1.807, 2.05) is 12.1 Å². The average Bonchev–Trinajstić information content (AvgIpc) is 3.12. The summed E-state index contributed by atoms with van der Waals surface area (Å²) < 4.78 is 33.3. The third kappa shape index (κ3) is 3.34. The molecule has 0 bridgehead atoms. The maximum absolute atomic E-state index is 12.8. The van der Waals surface area contributed by atoms with Crippen molar-refractivity contribution >= 4 is 26.7 Å². The Morgan fingerprint density at radius 3 is 2.59 bits per heavy atom. The van der Waals surface area contributed by atoms with Crippen molar-refractivity contribution in [3.8, 4) is 17.1 Å². The Balaban J connectivity index is 1.71. The highest BCUT2D eigenvalue weighted by Gasteiger charge is 2.18. The molecule has 136 valence electrons. The van der Waals surface area contributed by atoms with Crippen LogP contribution in [0.3, 0.4) is 0 Å². The Bertz CT molecular complexity index is 1200. The van der Waals surface area contributed by atoms with E-state index in [1.54, 1.807) is 48.8 Å². The largest absolute Gasteiger partial charge is 0.495 e. The van der Waals surface area contributed by atoms with E-state index in [0.29, 0.717) is 28.3 Å². The van der Waals surface area contributed by atoms with Crippen molar-refractivity contribution in [2.75, 3.05) is 11.8 Å². The highest BCUT2D eigenvalue weighted by Crippen LogP contribution is 2.27. The van der Waals surface area contributed by atoms with E-state index < -0.39 is 10.0 Å². The molecule has 2 N–H and O–H groups in total. The third-order valence-corrected chi connectivity index (χ3v) is 5.43. The molecule has 8 heteroatoms. The second kappa shape index (κ2) is 6.73. The normalized spacial score (nSPS) is 11.4. The Kier molecular flexibility index (Phi) is 4.25. The summed E-state index contributed by atoms with van der Waals surface area (Å²) >= 11 is 0. The van der Waals surface area contributed by atoms with E-state index in [-0.39, 0.29) is 4.90 Å². The lowest BCUT2D eigenvalue weighted by atomic mass is 10.3. The van der Waals surface area contributed by atoms with Gasteiger partial charge >= 0.3 is 0 Å². The highest BCUT2D eigenvalue weighted by molar-refractivity contribution is 7.92. The zero-order chi connectivity index (χ0) is 18.9.